The maximum Gasteiger partial charge on any atom is 0.318 e. The maximum absolute atomic E-state index is 5.67. The molecule has 18 heavy (non-hydrogen) atoms. The number of rotatable bonds is 5. The first-order chi connectivity index (χ1) is 8.83. The lowest BCUT2D eigenvalue weighted by Crippen LogP contribution is -2.24. The molecule has 102 valence electrons. The van der Waals surface area contributed by atoms with Crippen LogP contribution >= 0.6 is 11.6 Å². The summed E-state index contributed by atoms with van der Waals surface area (Å²) in [6.45, 7) is 4.33. The van der Waals surface area contributed by atoms with Gasteiger partial charge in [0.1, 0.15) is 0 Å². The number of aryl methyl sites for hydroxylation is 1. The first-order valence-corrected chi connectivity index (χ1v) is 7.50. The molecule has 0 N–H and O–H groups in total. The third kappa shape index (κ3) is 3.61. The van der Waals surface area contributed by atoms with E-state index in [0.29, 0.717) is 24.2 Å². The molecule has 0 bridgehead atoms. The molecule has 0 aliphatic carbocycles. The summed E-state index contributed by atoms with van der Waals surface area (Å²) in [4.78, 5) is 2.22. The number of aromatic nitrogens is 2. The molecule has 0 spiro atoms. The van der Waals surface area contributed by atoms with Crippen LogP contribution in [0.3, 0.4) is 0 Å². The van der Waals surface area contributed by atoms with Gasteiger partial charge in [0.25, 0.3) is 0 Å². The zero-order valence-electron chi connectivity index (χ0n) is 11.1. The van der Waals surface area contributed by atoms with E-state index in [1.54, 1.807) is 0 Å². The van der Waals surface area contributed by atoms with Gasteiger partial charge in [0.2, 0.25) is 5.89 Å². The van der Waals surface area contributed by atoms with E-state index in [2.05, 4.69) is 22.0 Å². The average Bonchev–Trinajstić information content (AvgIpc) is 2.70. The smallest absolute Gasteiger partial charge is 0.318 e. The van der Waals surface area contributed by atoms with Crippen molar-refractivity contribution >= 4 is 17.6 Å². The van der Waals surface area contributed by atoms with Crippen LogP contribution in [-0.4, -0.2) is 29.2 Å². The van der Waals surface area contributed by atoms with Crippen molar-refractivity contribution in [1.82, 2.24) is 10.2 Å². The van der Waals surface area contributed by atoms with Crippen LogP contribution in [0.15, 0.2) is 4.42 Å². The van der Waals surface area contributed by atoms with Crippen molar-refractivity contribution in [3.63, 3.8) is 0 Å². The SMILES string of the molecule is CCCC1CCCN(c2nnc(CCCl)o2)CC1. The van der Waals surface area contributed by atoms with Gasteiger partial charge in [0.15, 0.2) is 0 Å². The second-order valence-corrected chi connectivity index (χ2v) is 5.37. The largest absolute Gasteiger partial charge is 0.408 e. The lowest BCUT2D eigenvalue weighted by atomic mass is 9.96. The normalized spacial score (nSPS) is 21.0. The fourth-order valence-corrected chi connectivity index (χ4v) is 2.77. The van der Waals surface area contributed by atoms with Gasteiger partial charge in [-0.25, -0.2) is 0 Å². The summed E-state index contributed by atoms with van der Waals surface area (Å²) in [7, 11) is 0. The van der Waals surface area contributed by atoms with E-state index in [1.807, 2.05) is 0 Å². The lowest BCUT2D eigenvalue weighted by molar-refractivity contribution is 0.433. The zero-order valence-corrected chi connectivity index (χ0v) is 11.8. The van der Waals surface area contributed by atoms with Crippen LogP contribution in [0.1, 0.15) is 44.9 Å². The van der Waals surface area contributed by atoms with Crippen LogP contribution in [0.25, 0.3) is 0 Å². The Morgan fingerprint density at radius 1 is 1.33 bits per heavy atom. The standard InChI is InChI=1S/C13H22ClN3O/c1-2-4-11-5-3-9-17(10-7-11)13-16-15-12(18-13)6-8-14/h11H,2-10H2,1H3. The van der Waals surface area contributed by atoms with Crippen molar-refractivity contribution in [2.75, 3.05) is 23.9 Å². The number of alkyl halides is 1. The summed E-state index contributed by atoms with van der Waals surface area (Å²) in [5, 5.41) is 8.15. The average molecular weight is 272 g/mol. The summed E-state index contributed by atoms with van der Waals surface area (Å²) >= 11 is 5.67. The molecule has 2 rings (SSSR count). The molecule has 1 fully saturated rings. The van der Waals surface area contributed by atoms with Crippen LogP contribution < -0.4 is 4.90 Å². The van der Waals surface area contributed by atoms with Crippen LogP contribution in [-0.2, 0) is 6.42 Å². The highest BCUT2D eigenvalue weighted by molar-refractivity contribution is 6.17. The van der Waals surface area contributed by atoms with Crippen molar-refractivity contribution in [3.05, 3.63) is 5.89 Å². The third-order valence-electron chi connectivity index (χ3n) is 3.58. The first kappa shape index (κ1) is 13.7. The molecule has 0 amide bonds. The highest BCUT2D eigenvalue weighted by Crippen LogP contribution is 2.24. The first-order valence-electron chi connectivity index (χ1n) is 6.96. The van der Waals surface area contributed by atoms with Gasteiger partial charge >= 0.3 is 6.01 Å². The van der Waals surface area contributed by atoms with Crippen molar-refractivity contribution < 1.29 is 4.42 Å². The second-order valence-electron chi connectivity index (χ2n) is 4.99. The fourth-order valence-electron chi connectivity index (χ4n) is 2.61. The summed E-state index contributed by atoms with van der Waals surface area (Å²) in [5.74, 6) is 2.04. The predicted octanol–water partition coefficient (Wildman–Crippen LogP) is 3.26. The van der Waals surface area contributed by atoms with Gasteiger partial charge in [0, 0.05) is 25.4 Å². The van der Waals surface area contributed by atoms with Crippen LogP contribution in [0.5, 0.6) is 0 Å². The van der Waals surface area contributed by atoms with E-state index < -0.39 is 0 Å². The molecule has 1 atom stereocenters. The minimum absolute atomic E-state index is 0.528. The number of hydrogen-bond donors (Lipinski definition) is 0. The molecule has 1 aliphatic rings. The molecule has 1 aromatic rings. The minimum Gasteiger partial charge on any atom is -0.408 e. The van der Waals surface area contributed by atoms with Crippen molar-refractivity contribution in [2.45, 2.75) is 45.4 Å². The number of nitrogens with zero attached hydrogens (tertiary/aromatic N) is 3. The maximum atomic E-state index is 5.67. The van der Waals surface area contributed by atoms with E-state index in [1.165, 1.54) is 32.1 Å². The molecule has 4 nitrogen and oxygen atoms in total. The van der Waals surface area contributed by atoms with Gasteiger partial charge in [0.05, 0.1) is 0 Å². The topological polar surface area (TPSA) is 42.2 Å². The summed E-state index contributed by atoms with van der Waals surface area (Å²) in [6, 6.07) is 0.673. The fraction of sp³-hybridized carbons (Fsp3) is 0.846. The van der Waals surface area contributed by atoms with Gasteiger partial charge in [-0.2, -0.15) is 0 Å². The van der Waals surface area contributed by atoms with E-state index >= 15 is 0 Å². The zero-order chi connectivity index (χ0) is 12.8. The highest BCUT2D eigenvalue weighted by Gasteiger charge is 2.20. The van der Waals surface area contributed by atoms with Crippen molar-refractivity contribution in [2.24, 2.45) is 5.92 Å². The molecule has 1 unspecified atom stereocenters. The molecular weight excluding hydrogens is 250 g/mol. The van der Waals surface area contributed by atoms with E-state index in [4.69, 9.17) is 16.0 Å². The van der Waals surface area contributed by atoms with Gasteiger partial charge in [-0.15, -0.1) is 16.7 Å². The Bertz CT molecular complexity index is 356. The Balaban J connectivity index is 1.92. The number of hydrogen-bond acceptors (Lipinski definition) is 4. The van der Waals surface area contributed by atoms with Crippen LogP contribution in [0, 0.1) is 5.92 Å². The Kier molecular flexibility index (Phi) is 5.29. The lowest BCUT2D eigenvalue weighted by Gasteiger charge is -2.17. The van der Waals surface area contributed by atoms with E-state index in [0.717, 1.165) is 19.0 Å². The van der Waals surface area contributed by atoms with Gasteiger partial charge in [-0.05, 0) is 25.2 Å². The molecule has 0 saturated carbocycles. The molecule has 5 heteroatoms. The van der Waals surface area contributed by atoms with Crippen molar-refractivity contribution in [3.8, 4) is 0 Å². The van der Waals surface area contributed by atoms with Crippen LogP contribution in [0.2, 0.25) is 0 Å². The molecule has 1 saturated heterocycles. The van der Waals surface area contributed by atoms with Gasteiger partial charge in [-0.3, -0.25) is 0 Å². The minimum atomic E-state index is 0.528. The molecule has 1 aliphatic heterocycles. The van der Waals surface area contributed by atoms with Crippen LogP contribution in [0.4, 0.5) is 6.01 Å². The Morgan fingerprint density at radius 3 is 3.00 bits per heavy atom. The Morgan fingerprint density at radius 2 is 2.22 bits per heavy atom. The quantitative estimate of drug-likeness (QED) is 0.771. The van der Waals surface area contributed by atoms with E-state index in [9.17, 15) is 0 Å². The van der Waals surface area contributed by atoms with E-state index in [-0.39, 0.29) is 0 Å². The molecule has 0 aromatic carbocycles. The highest BCUT2D eigenvalue weighted by atomic mass is 35.5. The monoisotopic (exact) mass is 271 g/mol. The summed E-state index contributed by atoms with van der Waals surface area (Å²) in [6.07, 6.45) is 7.06. The summed E-state index contributed by atoms with van der Waals surface area (Å²) in [5.41, 5.74) is 0. The third-order valence-corrected chi connectivity index (χ3v) is 3.77. The second kappa shape index (κ2) is 6.98. The molecular formula is C13H22ClN3O. The molecule has 0 radical (unpaired) electrons. The number of halogens is 1. The Hall–Kier alpha value is -0.770. The Labute approximate surface area is 114 Å². The predicted molar refractivity (Wildman–Crippen MR) is 73.2 cm³/mol. The van der Waals surface area contributed by atoms with Gasteiger partial charge < -0.3 is 9.32 Å². The number of anilines is 1. The molecule has 2 heterocycles. The van der Waals surface area contributed by atoms with Gasteiger partial charge in [-0.1, -0.05) is 24.9 Å². The van der Waals surface area contributed by atoms with Crippen molar-refractivity contribution in [1.29, 1.82) is 0 Å². The molecule has 1 aromatic heterocycles. The summed E-state index contributed by atoms with van der Waals surface area (Å²) < 4.78 is 5.63.